The van der Waals surface area contributed by atoms with Crippen LogP contribution < -0.4 is 10.1 Å². The molecule has 1 aromatic rings. The van der Waals surface area contributed by atoms with Crippen molar-refractivity contribution in [3.8, 4) is 5.75 Å². The average Bonchev–Trinajstić information content (AvgIpc) is 2.79. The molecule has 1 aliphatic rings. The van der Waals surface area contributed by atoms with E-state index in [9.17, 15) is 8.42 Å². The first-order chi connectivity index (χ1) is 9.95. The van der Waals surface area contributed by atoms with Gasteiger partial charge in [-0.25, -0.2) is 8.42 Å². The van der Waals surface area contributed by atoms with Gasteiger partial charge in [0.2, 0.25) is 0 Å². The Kier molecular flexibility index (Phi) is 5.68. The highest BCUT2D eigenvalue weighted by Gasteiger charge is 2.33. The van der Waals surface area contributed by atoms with E-state index in [1.54, 1.807) is 7.11 Å². The zero-order chi connectivity index (χ0) is 15.5. The molecule has 0 aliphatic carbocycles. The number of nitrogens with one attached hydrogen (secondary N) is 1. The molecule has 0 bridgehead atoms. The van der Waals surface area contributed by atoms with Gasteiger partial charge in [0.25, 0.3) is 0 Å². The van der Waals surface area contributed by atoms with E-state index in [0.717, 1.165) is 35.2 Å². The first-order valence-electron chi connectivity index (χ1n) is 7.21. The fraction of sp³-hybridized carbons (Fsp3) is 0.600. The highest BCUT2D eigenvalue weighted by molar-refractivity contribution is 9.10. The van der Waals surface area contributed by atoms with Crippen LogP contribution in [0.2, 0.25) is 0 Å². The normalized spacial score (nSPS) is 22.1. The van der Waals surface area contributed by atoms with E-state index in [1.807, 2.05) is 18.2 Å². The molecule has 2 unspecified atom stereocenters. The number of sulfone groups is 1. The van der Waals surface area contributed by atoms with E-state index < -0.39 is 9.84 Å². The third-order valence-corrected chi connectivity index (χ3v) is 6.27. The average molecular weight is 376 g/mol. The Morgan fingerprint density at radius 3 is 2.81 bits per heavy atom. The zero-order valence-electron chi connectivity index (χ0n) is 12.4. The third kappa shape index (κ3) is 4.44. The second-order valence-electron chi connectivity index (χ2n) is 5.49. The van der Waals surface area contributed by atoms with Crippen LogP contribution in [0.1, 0.15) is 18.9 Å². The molecule has 2 atom stereocenters. The largest absolute Gasteiger partial charge is 0.496 e. The fourth-order valence-corrected chi connectivity index (χ4v) is 5.24. The van der Waals surface area contributed by atoms with Gasteiger partial charge in [0, 0.05) is 10.5 Å². The molecule has 1 saturated heterocycles. The smallest absolute Gasteiger partial charge is 0.150 e. The number of likely N-dealkylation sites (N-methyl/N-ethyl adjacent to an activating group) is 1. The Bertz CT molecular complexity index is 589. The lowest BCUT2D eigenvalue weighted by molar-refractivity contribution is 0.371. The highest BCUT2D eigenvalue weighted by atomic mass is 79.9. The molecule has 1 fully saturated rings. The van der Waals surface area contributed by atoms with Crippen molar-refractivity contribution in [3.05, 3.63) is 28.2 Å². The number of methoxy groups -OCH3 is 1. The predicted octanol–water partition coefficient (Wildman–Crippen LogP) is 2.41. The minimum absolute atomic E-state index is 0.162. The summed E-state index contributed by atoms with van der Waals surface area (Å²) in [6.07, 6.45) is 1.52. The molecule has 0 spiro atoms. The van der Waals surface area contributed by atoms with Crippen molar-refractivity contribution in [2.24, 2.45) is 5.92 Å². The number of hydrogen-bond acceptors (Lipinski definition) is 4. The molecular weight excluding hydrogens is 354 g/mol. The maximum atomic E-state index is 11.7. The third-order valence-electron chi connectivity index (χ3n) is 3.99. The maximum Gasteiger partial charge on any atom is 0.150 e. The second kappa shape index (κ2) is 7.11. The Labute approximate surface area is 135 Å². The van der Waals surface area contributed by atoms with Crippen molar-refractivity contribution in [1.82, 2.24) is 5.32 Å². The van der Waals surface area contributed by atoms with Gasteiger partial charge in [-0.1, -0.05) is 22.9 Å². The summed E-state index contributed by atoms with van der Waals surface area (Å²) in [7, 11) is -1.19. The van der Waals surface area contributed by atoms with Crippen LogP contribution >= 0.6 is 15.9 Å². The lowest BCUT2D eigenvalue weighted by Crippen LogP contribution is -2.38. The zero-order valence-corrected chi connectivity index (χ0v) is 14.8. The van der Waals surface area contributed by atoms with Crippen LogP contribution in [-0.4, -0.2) is 39.6 Å². The van der Waals surface area contributed by atoms with Crippen LogP contribution in [0.25, 0.3) is 0 Å². The van der Waals surface area contributed by atoms with Crippen LogP contribution in [0.3, 0.4) is 0 Å². The molecular formula is C15H22BrNO3S. The first-order valence-corrected chi connectivity index (χ1v) is 9.83. The van der Waals surface area contributed by atoms with Gasteiger partial charge in [-0.2, -0.15) is 0 Å². The van der Waals surface area contributed by atoms with Crippen LogP contribution in [0, 0.1) is 5.92 Å². The lowest BCUT2D eigenvalue weighted by atomic mass is 9.92. The summed E-state index contributed by atoms with van der Waals surface area (Å²) in [6.45, 7) is 2.88. The minimum atomic E-state index is -2.86. The molecule has 21 heavy (non-hydrogen) atoms. The SMILES string of the molecule is CCNC(Cc1cc(Br)ccc1OC)C1CCS(=O)(=O)C1. The molecule has 0 aromatic heterocycles. The fourth-order valence-electron chi connectivity index (χ4n) is 2.95. The van der Waals surface area contributed by atoms with Gasteiger partial charge in [0.1, 0.15) is 5.75 Å². The summed E-state index contributed by atoms with van der Waals surface area (Å²) in [4.78, 5) is 0. The Balaban J connectivity index is 2.18. The summed E-state index contributed by atoms with van der Waals surface area (Å²) in [5.41, 5.74) is 1.10. The minimum Gasteiger partial charge on any atom is -0.496 e. The van der Waals surface area contributed by atoms with Crippen LogP contribution in [0.5, 0.6) is 5.75 Å². The number of hydrogen-bond donors (Lipinski definition) is 1. The monoisotopic (exact) mass is 375 g/mol. The molecule has 0 amide bonds. The van der Waals surface area contributed by atoms with E-state index in [1.165, 1.54) is 0 Å². The summed E-state index contributed by atoms with van der Waals surface area (Å²) in [5.74, 6) is 1.64. The van der Waals surface area contributed by atoms with E-state index >= 15 is 0 Å². The van der Waals surface area contributed by atoms with E-state index in [0.29, 0.717) is 11.5 Å². The van der Waals surface area contributed by atoms with Crippen molar-refractivity contribution >= 4 is 25.8 Å². The summed E-state index contributed by atoms with van der Waals surface area (Å²) in [6, 6.07) is 6.10. The molecule has 4 nitrogen and oxygen atoms in total. The van der Waals surface area contributed by atoms with Gasteiger partial charge in [-0.3, -0.25) is 0 Å². The topological polar surface area (TPSA) is 55.4 Å². The number of rotatable bonds is 6. The molecule has 118 valence electrons. The van der Waals surface area contributed by atoms with Gasteiger partial charge >= 0.3 is 0 Å². The van der Waals surface area contributed by atoms with Gasteiger partial charge in [-0.15, -0.1) is 0 Å². The Hall–Kier alpha value is -0.590. The molecule has 1 aliphatic heterocycles. The summed E-state index contributed by atoms with van der Waals surface area (Å²) in [5, 5.41) is 3.45. The van der Waals surface area contributed by atoms with Crippen molar-refractivity contribution < 1.29 is 13.2 Å². The maximum absolute atomic E-state index is 11.7. The van der Waals surface area contributed by atoms with Crippen molar-refractivity contribution in [2.75, 3.05) is 25.2 Å². The van der Waals surface area contributed by atoms with E-state index in [2.05, 4.69) is 28.2 Å². The van der Waals surface area contributed by atoms with E-state index in [4.69, 9.17) is 4.74 Å². The number of ether oxygens (including phenoxy) is 1. The predicted molar refractivity (Wildman–Crippen MR) is 88.6 cm³/mol. The molecule has 0 saturated carbocycles. The highest BCUT2D eigenvalue weighted by Crippen LogP contribution is 2.29. The molecule has 0 radical (unpaired) electrons. The van der Waals surface area contributed by atoms with Crippen molar-refractivity contribution in [3.63, 3.8) is 0 Å². The molecule has 1 aromatic carbocycles. The van der Waals surface area contributed by atoms with Crippen molar-refractivity contribution in [2.45, 2.75) is 25.8 Å². The van der Waals surface area contributed by atoms with E-state index in [-0.39, 0.29) is 12.0 Å². The number of halogens is 1. The lowest BCUT2D eigenvalue weighted by Gasteiger charge is -2.24. The number of benzene rings is 1. The molecule has 2 rings (SSSR count). The quantitative estimate of drug-likeness (QED) is 0.829. The molecule has 1 N–H and O–H groups in total. The standard InChI is InChI=1S/C15H22BrNO3S/c1-3-17-14(11-6-7-21(18,19)10-11)9-12-8-13(16)4-5-15(12)20-2/h4-5,8,11,14,17H,3,6-7,9-10H2,1-2H3. The molecule has 1 heterocycles. The van der Waals surface area contributed by atoms with Gasteiger partial charge in [-0.05, 0) is 49.1 Å². The van der Waals surface area contributed by atoms with Gasteiger partial charge in [0.05, 0.1) is 18.6 Å². The van der Waals surface area contributed by atoms with Gasteiger partial charge < -0.3 is 10.1 Å². The second-order valence-corrected chi connectivity index (χ2v) is 8.63. The molecule has 6 heteroatoms. The van der Waals surface area contributed by atoms with Gasteiger partial charge in [0.15, 0.2) is 9.84 Å². The Morgan fingerprint density at radius 2 is 2.24 bits per heavy atom. The Morgan fingerprint density at radius 1 is 1.48 bits per heavy atom. The van der Waals surface area contributed by atoms with Crippen LogP contribution in [-0.2, 0) is 16.3 Å². The van der Waals surface area contributed by atoms with Crippen LogP contribution in [0.4, 0.5) is 0 Å². The van der Waals surface area contributed by atoms with Crippen LogP contribution in [0.15, 0.2) is 22.7 Å². The summed E-state index contributed by atoms with van der Waals surface area (Å²) >= 11 is 3.48. The van der Waals surface area contributed by atoms with Crippen molar-refractivity contribution in [1.29, 1.82) is 0 Å². The summed E-state index contributed by atoms with van der Waals surface area (Å²) < 4.78 is 29.9. The first kappa shape index (κ1) is 16.8.